The van der Waals surface area contributed by atoms with Crippen molar-refractivity contribution in [3.63, 3.8) is 0 Å². The van der Waals surface area contributed by atoms with Gasteiger partial charge < -0.3 is 10.2 Å². The van der Waals surface area contributed by atoms with Crippen molar-refractivity contribution in [3.8, 4) is 0 Å². The number of hydrogen-bond donors (Lipinski definition) is 1. The average Bonchev–Trinajstić information content (AvgIpc) is 3.01. The predicted octanol–water partition coefficient (Wildman–Crippen LogP) is 2.62. The molecule has 3 rings (SSSR count). The summed E-state index contributed by atoms with van der Waals surface area (Å²) in [7, 11) is 1.73. The van der Waals surface area contributed by atoms with E-state index in [9.17, 15) is 9.59 Å². The second-order valence-corrected chi connectivity index (χ2v) is 6.42. The summed E-state index contributed by atoms with van der Waals surface area (Å²) in [4.78, 5) is 26.9. The standard InChI is InChI=1S/C19H24N4O2/c1-22-18(19(25)23-12-6-3-7-13-23)16(14-20-22)21-17(24)11-10-15-8-4-2-5-9-15/h2,4-5,8-9,14H,3,6-7,10-13H2,1H3,(H,21,24). The molecule has 0 bridgehead atoms. The molecule has 0 radical (unpaired) electrons. The molecule has 1 aromatic heterocycles. The minimum absolute atomic E-state index is 0.0574. The Morgan fingerprint density at radius 3 is 2.56 bits per heavy atom. The third-order valence-electron chi connectivity index (χ3n) is 4.54. The molecule has 1 aliphatic rings. The summed E-state index contributed by atoms with van der Waals surface area (Å²) in [5, 5.41) is 7.01. The van der Waals surface area contributed by atoms with Crippen molar-refractivity contribution in [2.24, 2.45) is 7.05 Å². The lowest BCUT2D eigenvalue weighted by molar-refractivity contribution is -0.116. The van der Waals surface area contributed by atoms with Crippen molar-refractivity contribution in [2.45, 2.75) is 32.1 Å². The lowest BCUT2D eigenvalue weighted by Gasteiger charge is -2.27. The molecular weight excluding hydrogens is 316 g/mol. The number of amides is 2. The Hall–Kier alpha value is -2.63. The zero-order valence-electron chi connectivity index (χ0n) is 14.6. The van der Waals surface area contributed by atoms with E-state index < -0.39 is 0 Å². The molecule has 1 aromatic carbocycles. The van der Waals surface area contributed by atoms with Gasteiger partial charge >= 0.3 is 0 Å². The van der Waals surface area contributed by atoms with Gasteiger partial charge in [-0.15, -0.1) is 0 Å². The molecule has 0 unspecified atom stereocenters. The fourth-order valence-electron chi connectivity index (χ4n) is 3.14. The fraction of sp³-hybridized carbons (Fsp3) is 0.421. The minimum Gasteiger partial charge on any atom is -0.337 e. The maximum atomic E-state index is 12.8. The highest BCUT2D eigenvalue weighted by Crippen LogP contribution is 2.20. The predicted molar refractivity (Wildman–Crippen MR) is 96.4 cm³/mol. The maximum Gasteiger partial charge on any atom is 0.274 e. The van der Waals surface area contributed by atoms with E-state index in [1.54, 1.807) is 17.9 Å². The highest BCUT2D eigenvalue weighted by atomic mass is 16.2. The average molecular weight is 340 g/mol. The van der Waals surface area contributed by atoms with Crippen molar-refractivity contribution < 1.29 is 9.59 Å². The molecule has 2 amide bonds. The lowest BCUT2D eigenvalue weighted by atomic mass is 10.1. The smallest absolute Gasteiger partial charge is 0.274 e. The minimum atomic E-state index is -0.107. The van der Waals surface area contributed by atoms with E-state index in [0.29, 0.717) is 24.2 Å². The number of nitrogens with one attached hydrogen (secondary N) is 1. The molecule has 0 spiro atoms. The number of likely N-dealkylation sites (tertiary alicyclic amines) is 1. The van der Waals surface area contributed by atoms with E-state index >= 15 is 0 Å². The van der Waals surface area contributed by atoms with Crippen molar-refractivity contribution >= 4 is 17.5 Å². The summed E-state index contributed by atoms with van der Waals surface area (Å²) in [5.74, 6) is -0.164. The van der Waals surface area contributed by atoms with Crippen LogP contribution in [-0.4, -0.2) is 39.6 Å². The van der Waals surface area contributed by atoms with E-state index in [4.69, 9.17) is 0 Å². The number of aryl methyl sites for hydroxylation is 2. The Morgan fingerprint density at radius 2 is 1.84 bits per heavy atom. The SMILES string of the molecule is Cn1ncc(NC(=O)CCc2ccccc2)c1C(=O)N1CCCCC1. The third kappa shape index (κ3) is 4.26. The molecule has 6 heteroatoms. The van der Waals surface area contributed by atoms with E-state index in [0.717, 1.165) is 37.9 Å². The highest BCUT2D eigenvalue weighted by Gasteiger charge is 2.24. The van der Waals surface area contributed by atoms with E-state index in [2.05, 4.69) is 10.4 Å². The molecule has 25 heavy (non-hydrogen) atoms. The maximum absolute atomic E-state index is 12.8. The van der Waals surface area contributed by atoms with Gasteiger partial charge in [-0.2, -0.15) is 5.10 Å². The number of rotatable bonds is 5. The zero-order valence-corrected chi connectivity index (χ0v) is 14.6. The van der Waals surface area contributed by atoms with Crippen LogP contribution in [0.25, 0.3) is 0 Å². The van der Waals surface area contributed by atoms with Gasteiger partial charge in [0.15, 0.2) is 0 Å². The van der Waals surface area contributed by atoms with Crippen LogP contribution < -0.4 is 5.32 Å². The highest BCUT2D eigenvalue weighted by molar-refractivity contribution is 6.02. The summed E-state index contributed by atoms with van der Waals surface area (Å²) in [6, 6.07) is 9.89. The molecule has 2 aromatic rings. The molecule has 132 valence electrons. The van der Waals surface area contributed by atoms with Crippen LogP contribution >= 0.6 is 0 Å². The molecular formula is C19H24N4O2. The Bertz CT molecular complexity index is 733. The number of hydrogen-bond acceptors (Lipinski definition) is 3. The normalized spacial score (nSPS) is 14.4. The van der Waals surface area contributed by atoms with Crippen LogP contribution in [-0.2, 0) is 18.3 Å². The number of carbonyl (C=O) groups excluding carboxylic acids is 2. The first-order chi connectivity index (χ1) is 12.1. The number of anilines is 1. The third-order valence-corrected chi connectivity index (χ3v) is 4.54. The molecule has 1 saturated heterocycles. The van der Waals surface area contributed by atoms with Crippen LogP contribution in [0.5, 0.6) is 0 Å². The van der Waals surface area contributed by atoms with Gasteiger partial charge in [-0.05, 0) is 31.2 Å². The van der Waals surface area contributed by atoms with Crippen LogP contribution in [0.15, 0.2) is 36.5 Å². The number of carbonyl (C=O) groups is 2. The number of aromatic nitrogens is 2. The van der Waals surface area contributed by atoms with Gasteiger partial charge in [0.2, 0.25) is 5.91 Å². The summed E-state index contributed by atoms with van der Waals surface area (Å²) >= 11 is 0. The first kappa shape index (κ1) is 17.2. The van der Waals surface area contributed by atoms with E-state index in [-0.39, 0.29) is 11.8 Å². The van der Waals surface area contributed by atoms with Crippen molar-refractivity contribution in [3.05, 3.63) is 47.8 Å². The van der Waals surface area contributed by atoms with E-state index in [1.807, 2.05) is 35.2 Å². The van der Waals surface area contributed by atoms with Gasteiger partial charge in [0.05, 0.1) is 11.9 Å². The van der Waals surface area contributed by atoms with Crippen LogP contribution in [0.3, 0.4) is 0 Å². The molecule has 6 nitrogen and oxygen atoms in total. The Balaban J connectivity index is 1.64. The second-order valence-electron chi connectivity index (χ2n) is 6.42. The number of benzene rings is 1. The molecule has 0 aliphatic carbocycles. The molecule has 0 saturated carbocycles. The number of piperidine rings is 1. The molecule has 0 atom stereocenters. The Morgan fingerprint density at radius 1 is 1.12 bits per heavy atom. The van der Waals surface area contributed by atoms with E-state index in [1.165, 1.54) is 0 Å². The largest absolute Gasteiger partial charge is 0.337 e. The summed E-state index contributed by atoms with van der Waals surface area (Å²) in [6.07, 6.45) is 5.82. The van der Waals surface area contributed by atoms with Crippen LogP contribution in [0, 0.1) is 0 Å². The summed E-state index contributed by atoms with van der Waals surface area (Å²) in [6.45, 7) is 1.54. The molecule has 1 N–H and O–H groups in total. The fourth-order valence-corrected chi connectivity index (χ4v) is 3.14. The second kappa shape index (κ2) is 7.96. The Kier molecular flexibility index (Phi) is 5.48. The molecule has 1 fully saturated rings. The van der Waals surface area contributed by atoms with Gasteiger partial charge in [-0.25, -0.2) is 0 Å². The lowest BCUT2D eigenvalue weighted by Crippen LogP contribution is -2.37. The van der Waals surface area contributed by atoms with Gasteiger partial charge in [-0.3, -0.25) is 14.3 Å². The number of nitrogens with zero attached hydrogens (tertiary/aromatic N) is 3. The molecule has 1 aliphatic heterocycles. The van der Waals surface area contributed by atoms with Crippen molar-refractivity contribution in [1.82, 2.24) is 14.7 Å². The first-order valence-electron chi connectivity index (χ1n) is 8.80. The quantitative estimate of drug-likeness (QED) is 0.910. The zero-order chi connectivity index (χ0) is 17.6. The van der Waals surface area contributed by atoms with Gasteiger partial charge in [0.25, 0.3) is 5.91 Å². The molecule has 2 heterocycles. The van der Waals surface area contributed by atoms with Crippen molar-refractivity contribution in [2.75, 3.05) is 18.4 Å². The summed E-state index contributed by atoms with van der Waals surface area (Å²) < 4.78 is 1.55. The monoisotopic (exact) mass is 340 g/mol. The van der Waals surface area contributed by atoms with Gasteiger partial charge in [0.1, 0.15) is 5.69 Å². The topological polar surface area (TPSA) is 67.2 Å². The van der Waals surface area contributed by atoms with Gasteiger partial charge in [0, 0.05) is 26.6 Å². The van der Waals surface area contributed by atoms with Crippen LogP contribution in [0.1, 0.15) is 41.7 Å². The van der Waals surface area contributed by atoms with Crippen LogP contribution in [0.2, 0.25) is 0 Å². The first-order valence-corrected chi connectivity index (χ1v) is 8.80. The van der Waals surface area contributed by atoms with Gasteiger partial charge in [-0.1, -0.05) is 30.3 Å². The van der Waals surface area contributed by atoms with Crippen molar-refractivity contribution in [1.29, 1.82) is 0 Å². The Labute approximate surface area is 147 Å². The van der Waals surface area contributed by atoms with Crippen LogP contribution in [0.4, 0.5) is 5.69 Å². The summed E-state index contributed by atoms with van der Waals surface area (Å²) in [5.41, 5.74) is 2.07.